The van der Waals surface area contributed by atoms with Crippen molar-refractivity contribution in [2.24, 2.45) is 11.8 Å². The quantitative estimate of drug-likeness (QED) is 0.142. The highest BCUT2D eigenvalue weighted by Gasteiger charge is 2.56. The summed E-state index contributed by atoms with van der Waals surface area (Å²) in [6, 6.07) is 18.5. The third kappa shape index (κ3) is 8.98. The number of piperidine rings is 4. The number of imidazole rings is 1. The van der Waals surface area contributed by atoms with Gasteiger partial charge in [0.15, 0.2) is 5.82 Å². The molecule has 1 atom stereocenters. The number of nitrogens with zero attached hydrogens (tertiary/aromatic N) is 8. The maximum Gasteiger partial charge on any atom is 0.238 e. The molecule has 15 nitrogen and oxygen atoms in total. The molecule has 1 spiro atoms. The molecule has 15 heteroatoms. The van der Waals surface area contributed by atoms with Gasteiger partial charge in [-0.2, -0.15) is 0 Å². The van der Waals surface area contributed by atoms with E-state index >= 15 is 4.79 Å². The Balaban J connectivity index is 0.684. The highest BCUT2D eigenvalue weighted by atomic mass is 16.2. The minimum atomic E-state index is -0.665. The first kappa shape index (κ1) is 48.1. The SMILES string of the molecule is CC(C)n1cnc2cc(-c3ccc4c(c3)N(C3CC(N5CCCCC5)C3)C(=O)C43CCN(C(=O)C4CCC(C(=O)N5CCC(N(C)c6ccc([C@H]7CCC(=O)NC7=O)cc6)CC5)CC4)CC3)nc(NC3CC3)c21. The molecular formula is C58H74N10O5. The third-order valence-electron chi connectivity index (χ3n) is 18.7. The fourth-order valence-corrected chi connectivity index (χ4v) is 13.9. The molecule has 7 heterocycles. The average Bonchev–Trinajstić information content (AvgIpc) is 4.07. The van der Waals surface area contributed by atoms with Crippen LogP contribution in [0, 0.1) is 11.8 Å². The largest absolute Gasteiger partial charge is 0.371 e. The Morgan fingerprint density at radius 2 is 1.44 bits per heavy atom. The number of fused-ring (bicyclic) bond motifs is 3. The second kappa shape index (κ2) is 19.5. The van der Waals surface area contributed by atoms with Crippen molar-refractivity contribution >= 4 is 57.8 Å². The predicted octanol–water partition coefficient (Wildman–Crippen LogP) is 7.93. The fourth-order valence-electron chi connectivity index (χ4n) is 13.9. The number of aromatic nitrogens is 3. The Kier molecular flexibility index (Phi) is 12.8. The molecule has 7 fully saturated rings. The van der Waals surface area contributed by atoms with Crippen molar-refractivity contribution < 1.29 is 24.0 Å². The molecule has 3 saturated carbocycles. The molecule has 4 aromatic rings. The van der Waals surface area contributed by atoms with Crippen molar-refractivity contribution in [1.29, 1.82) is 0 Å². The number of hydrogen-bond donors (Lipinski definition) is 2. The molecule has 2 N–H and O–H groups in total. The number of nitrogens with one attached hydrogen (secondary N) is 2. The normalized spacial score (nSPS) is 26.8. The van der Waals surface area contributed by atoms with E-state index in [4.69, 9.17) is 9.97 Å². The van der Waals surface area contributed by atoms with Gasteiger partial charge in [0, 0.05) is 98.6 Å². The smallest absolute Gasteiger partial charge is 0.238 e. The summed E-state index contributed by atoms with van der Waals surface area (Å²) in [5, 5.41) is 6.17. The Morgan fingerprint density at radius 3 is 2.08 bits per heavy atom. The summed E-state index contributed by atoms with van der Waals surface area (Å²) < 4.78 is 2.20. The van der Waals surface area contributed by atoms with Gasteiger partial charge < -0.3 is 34.4 Å². The van der Waals surface area contributed by atoms with E-state index in [2.05, 4.69) is 87.2 Å². The summed E-state index contributed by atoms with van der Waals surface area (Å²) >= 11 is 0. The van der Waals surface area contributed by atoms with Gasteiger partial charge in [-0.05, 0) is 159 Å². The van der Waals surface area contributed by atoms with Crippen LogP contribution in [0.5, 0.6) is 0 Å². The number of carbonyl (C=O) groups excluding carboxylic acids is 5. The minimum Gasteiger partial charge on any atom is -0.371 e. The number of carbonyl (C=O) groups is 5. The molecule has 12 rings (SSSR count). The van der Waals surface area contributed by atoms with E-state index < -0.39 is 5.41 Å². The number of rotatable bonds is 11. The second-order valence-electron chi connectivity index (χ2n) is 23.4. The zero-order valence-corrected chi connectivity index (χ0v) is 43.2. The van der Waals surface area contributed by atoms with Gasteiger partial charge in [0.25, 0.3) is 0 Å². The van der Waals surface area contributed by atoms with E-state index in [-0.39, 0.29) is 59.4 Å². The number of benzene rings is 2. The maximum absolute atomic E-state index is 15.2. The Hall–Kier alpha value is -5.83. The zero-order chi connectivity index (χ0) is 50.1. The summed E-state index contributed by atoms with van der Waals surface area (Å²) in [5.41, 5.74) is 7.27. The first-order valence-electron chi connectivity index (χ1n) is 28.0. The van der Waals surface area contributed by atoms with Gasteiger partial charge in [0.1, 0.15) is 5.52 Å². The Bertz CT molecular complexity index is 2770. The van der Waals surface area contributed by atoms with E-state index in [1.165, 1.54) is 19.3 Å². The van der Waals surface area contributed by atoms with Gasteiger partial charge in [0.2, 0.25) is 29.5 Å². The number of amides is 5. The summed E-state index contributed by atoms with van der Waals surface area (Å²) in [6.45, 7) is 9.20. The average molecular weight is 991 g/mol. The second-order valence-corrected chi connectivity index (χ2v) is 23.4. The zero-order valence-electron chi connectivity index (χ0n) is 43.2. The van der Waals surface area contributed by atoms with E-state index in [0.717, 1.165) is 128 Å². The van der Waals surface area contributed by atoms with Crippen molar-refractivity contribution in [3.05, 3.63) is 66.0 Å². The highest BCUT2D eigenvalue weighted by Crippen LogP contribution is 2.52. The van der Waals surface area contributed by atoms with Gasteiger partial charge in [0.05, 0.1) is 28.9 Å². The van der Waals surface area contributed by atoms with Crippen molar-refractivity contribution in [3.8, 4) is 11.3 Å². The van der Waals surface area contributed by atoms with E-state index in [1.54, 1.807) is 0 Å². The van der Waals surface area contributed by atoms with Gasteiger partial charge in [-0.25, -0.2) is 9.97 Å². The van der Waals surface area contributed by atoms with Crippen molar-refractivity contribution in [2.45, 2.75) is 165 Å². The summed E-state index contributed by atoms with van der Waals surface area (Å²) in [4.78, 5) is 88.9. The molecule has 0 bridgehead atoms. The monoisotopic (exact) mass is 991 g/mol. The molecule has 0 unspecified atom stereocenters. The van der Waals surface area contributed by atoms with Crippen molar-refractivity contribution in [1.82, 2.24) is 34.6 Å². The van der Waals surface area contributed by atoms with E-state index in [1.807, 2.05) is 28.3 Å². The highest BCUT2D eigenvalue weighted by molar-refractivity contribution is 6.09. The number of imide groups is 1. The van der Waals surface area contributed by atoms with Gasteiger partial charge in [-0.15, -0.1) is 0 Å². The summed E-state index contributed by atoms with van der Waals surface area (Å²) in [7, 11) is 2.10. The molecule has 8 aliphatic rings. The van der Waals surface area contributed by atoms with Crippen LogP contribution in [-0.2, 0) is 29.4 Å². The number of anilines is 3. The Morgan fingerprint density at radius 1 is 0.767 bits per heavy atom. The lowest BCUT2D eigenvalue weighted by atomic mass is 9.72. The van der Waals surface area contributed by atoms with Crippen molar-refractivity contribution in [3.63, 3.8) is 0 Å². The van der Waals surface area contributed by atoms with Crippen LogP contribution in [0.15, 0.2) is 54.9 Å². The molecule has 73 heavy (non-hydrogen) atoms. The minimum absolute atomic E-state index is 0.0530. The van der Waals surface area contributed by atoms with Crippen LogP contribution in [-0.4, -0.2) is 129 Å². The maximum atomic E-state index is 15.2. The van der Waals surface area contributed by atoms with E-state index in [0.29, 0.717) is 70.0 Å². The van der Waals surface area contributed by atoms with Crippen LogP contribution in [0.1, 0.15) is 146 Å². The topological polar surface area (TPSA) is 156 Å². The number of likely N-dealkylation sites (tertiary alicyclic amines) is 3. The number of pyridine rings is 1. The molecule has 386 valence electrons. The fraction of sp³-hybridized carbons (Fsp3) is 0.603. The molecule has 0 radical (unpaired) electrons. The van der Waals surface area contributed by atoms with Gasteiger partial charge >= 0.3 is 0 Å². The van der Waals surface area contributed by atoms with Gasteiger partial charge in [-0.3, -0.25) is 29.3 Å². The third-order valence-corrected chi connectivity index (χ3v) is 18.7. The molecule has 5 aliphatic heterocycles. The van der Waals surface area contributed by atoms with Crippen LogP contribution >= 0.6 is 0 Å². The van der Waals surface area contributed by atoms with Crippen LogP contribution in [0.3, 0.4) is 0 Å². The standard InChI is InChI=1S/C58H74N10O5/c1-36(2)67-35-59-49-34-48(61-53(52(49)67)60-41-14-15-41)40-13-19-47-50(31-40)68(45-32-44(33-45)64-25-5-4-6-26-64)57(73)58(47)23-29-66(30-24-58)56(72)39-9-7-38(8-10-39)55(71)65-27-21-43(22-28-65)63(3)42-16-11-37(12-17-42)46-18-20-51(69)62-54(46)70/h11-13,16-17,19,31,34-36,38-39,41,43-46H,4-10,14-15,18,20-30,32-33H2,1-3H3,(H,60,61)(H,62,69,70)/t38?,39?,44?,45?,46-/m1/s1. The molecule has 3 aliphatic carbocycles. The molecule has 4 saturated heterocycles. The lowest BCUT2D eigenvalue weighted by Crippen LogP contribution is -2.58. The molecule has 5 amide bonds. The predicted molar refractivity (Wildman–Crippen MR) is 282 cm³/mol. The summed E-state index contributed by atoms with van der Waals surface area (Å²) in [5.74, 6) is 0.630. The van der Waals surface area contributed by atoms with Crippen molar-refractivity contribution in [2.75, 3.05) is 61.4 Å². The van der Waals surface area contributed by atoms with Gasteiger partial charge in [-0.1, -0.05) is 30.7 Å². The van der Waals surface area contributed by atoms with Crippen LogP contribution < -0.4 is 20.4 Å². The molecule has 2 aromatic heterocycles. The number of hydrogen-bond acceptors (Lipinski definition) is 10. The van der Waals surface area contributed by atoms with Crippen LogP contribution in [0.25, 0.3) is 22.3 Å². The first-order valence-corrected chi connectivity index (χ1v) is 28.0. The lowest BCUT2D eigenvalue weighted by molar-refractivity contribution is -0.143. The van der Waals surface area contributed by atoms with Crippen LogP contribution in [0.2, 0.25) is 0 Å². The molecule has 2 aromatic carbocycles. The first-order chi connectivity index (χ1) is 35.4. The Labute approximate surface area is 429 Å². The molecular weight excluding hydrogens is 917 g/mol. The lowest BCUT2D eigenvalue weighted by Gasteiger charge is -2.48. The van der Waals surface area contributed by atoms with E-state index in [9.17, 15) is 19.2 Å². The summed E-state index contributed by atoms with van der Waals surface area (Å²) in [6.07, 6.45) is 16.8. The van der Waals surface area contributed by atoms with Crippen LogP contribution in [0.4, 0.5) is 17.2 Å².